The molecule has 0 bridgehead atoms. The van der Waals surface area contributed by atoms with Crippen LogP contribution >= 0.6 is 11.8 Å². The van der Waals surface area contributed by atoms with Crippen LogP contribution in [0.2, 0.25) is 0 Å². The predicted octanol–water partition coefficient (Wildman–Crippen LogP) is 5.40. The van der Waals surface area contributed by atoms with E-state index in [1.807, 2.05) is 31.2 Å². The molecule has 5 heteroatoms. The van der Waals surface area contributed by atoms with Crippen molar-refractivity contribution in [3.63, 3.8) is 0 Å². The van der Waals surface area contributed by atoms with Gasteiger partial charge in [-0.15, -0.1) is 11.8 Å². The average molecular weight is 372 g/mol. The van der Waals surface area contributed by atoms with Crippen molar-refractivity contribution in [3.8, 4) is 0 Å². The van der Waals surface area contributed by atoms with Crippen molar-refractivity contribution < 1.29 is 14.3 Å². The summed E-state index contributed by atoms with van der Waals surface area (Å²) in [5, 5.41) is 3.28. The Morgan fingerprint density at radius 2 is 1.77 bits per heavy atom. The molecular formula is C21H25NO3S. The van der Waals surface area contributed by atoms with Gasteiger partial charge in [-0.1, -0.05) is 39.3 Å². The number of esters is 1. The van der Waals surface area contributed by atoms with Gasteiger partial charge in [0.25, 0.3) is 5.91 Å². The zero-order chi connectivity index (χ0) is 18.9. The number of thioether (sulfide) groups is 1. The number of hydrogen-bond donors (Lipinski definition) is 1. The van der Waals surface area contributed by atoms with Crippen LogP contribution in [-0.2, 0) is 4.74 Å². The summed E-state index contributed by atoms with van der Waals surface area (Å²) in [5.74, 6) is -0.498. The summed E-state index contributed by atoms with van der Waals surface area (Å²) >= 11 is 1.66. The fourth-order valence-electron chi connectivity index (χ4n) is 2.29. The zero-order valence-corrected chi connectivity index (χ0v) is 16.3. The summed E-state index contributed by atoms with van der Waals surface area (Å²) in [7, 11) is 0. The molecule has 0 saturated heterocycles. The van der Waals surface area contributed by atoms with Gasteiger partial charge in [-0.3, -0.25) is 4.79 Å². The highest BCUT2D eigenvalue weighted by Crippen LogP contribution is 2.27. The minimum absolute atomic E-state index is 0.160. The number of amides is 1. The van der Waals surface area contributed by atoms with E-state index < -0.39 is 0 Å². The smallest absolute Gasteiger partial charge is 0.338 e. The Balaban J connectivity index is 2.03. The highest BCUT2D eigenvalue weighted by atomic mass is 32.2. The second-order valence-electron chi connectivity index (χ2n) is 6.18. The first kappa shape index (κ1) is 20.0. The Morgan fingerprint density at radius 3 is 2.42 bits per heavy atom. The maximum atomic E-state index is 12.6. The van der Waals surface area contributed by atoms with Gasteiger partial charge in [0.2, 0.25) is 0 Å². The molecule has 2 aromatic carbocycles. The molecule has 2 aromatic rings. The van der Waals surface area contributed by atoms with Crippen LogP contribution in [0.3, 0.4) is 0 Å². The van der Waals surface area contributed by atoms with Gasteiger partial charge >= 0.3 is 5.97 Å². The number of rotatable bonds is 8. The summed E-state index contributed by atoms with van der Waals surface area (Å²) in [6.07, 6.45) is 1.84. The first-order valence-electron chi connectivity index (χ1n) is 8.85. The lowest BCUT2D eigenvalue weighted by Crippen LogP contribution is -2.13. The molecular weight excluding hydrogens is 346 g/mol. The number of benzene rings is 2. The monoisotopic (exact) mass is 371 g/mol. The van der Waals surface area contributed by atoms with Crippen molar-refractivity contribution in [2.75, 3.05) is 11.9 Å². The molecule has 138 valence electrons. The van der Waals surface area contributed by atoms with E-state index in [0.29, 0.717) is 28.7 Å². The van der Waals surface area contributed by atoms with E-state index in [-0.39, 0.29) is 11.9 Å². The normalized spacial score (nSPS) is 10.6. The van der Waals surface area contributed by atoms with Gasteiger partial charge < -0.3 is 10.1 Å². The lowest BCUT2D eigenvalue weighted by atomic mass is 10.2. The third-order valence-electron chi connectivity index (χ3n) is 3.60. The Bertz CT molecular complexity index is 741. The van der Waals surface area contributed by atoms with Crippen LogP contribution in [0.1, 0.15) is 54.3 Å². The highest BCUT2D eigenvalue weighted by Gasteiger charge is 2.13. The SMILES string of the molecule is CCCCOC(=O)c1ccc(NC(=O)c2ccccc2SC(C)C)cc1. The Kier molecular flexibility index (Phi) is 7.73. The van der Waals surface area contributed by atoms with Crippen LogP contribution in [0.4, 0.5) is 5.69 Å². The summed E-state index contributed by atoms with van der Waals surface area (Å²) in [6, 6.07) is 14.3. The van der Waals surface area contributed by atoms with Crippen molar-refractivity contribution in [1.82, 2.24) is 0 Å². The minimum atomic E-state index is -0.338. The van der Waals surface area contributed by atoms with Crippen molar-refractivity contribution in [2.45, 2.75) is 43.8 Å². The summed E-state index contributed by atoms with van der Waals surface area (Å²) in [5.41, 5.74) is 1.77. The van der Waals surface area contributed by atoms with E-state index in [9.17, 15) is 9.59 Å². The largest absolute Gasteiger partial charge is 0.462 e. The number of anilines is 1. The fraction of sp³-hybridized carbons (Fsp3) is 0.333. The van der Waals surface area contributed by atoms with Gasteiger partial charge in [-0.05, 0) is 42.8 Å². The topological polar surface area (TPSA) is 55.4 Å². The van der Waals surface area contributed by atoms with Crippen LogP contribution in [0.5, 0.6) is 0 Å². The molecule has 0 atom stereocenters. The number of hydrogen-bond acceptors (Lipinski definition) is 4. The highest BCUT2D eigenvalue weighted by molar-refractivity contribution is 8.00. The van der Waals surface area contributed by atoms with Crippen LogP contribution in [0.25, 0.3) is 0 Å². The van der Waals surface area contributed by atoms with E-state index in [2.05, 4.69) is 19.2 Å². The fourth-order valence-corrected chi connectivity index (χ4v) is 3.24. The second kappa shape index (κ2) is 10.0. The first-order valence-corrected chi connectivity index (χ1v) is 9.73. The van der Waals surface area contributed by atoms with Crippen molar-refractivity contribution in [2.24, 2.45) is 0 Å². The van der Waals surface area contributed by atoms with Crippen molar-refractivity contribution in [1.29, 1.82) is 0 Å². The third-order valence-corrected chi connectivity index (χ3v) is 4.69. The van der Waals surface area contributed by atoms with E-state index >= 15 is 0 Å². The number of ether oxygens (including phenoxy) is 1. The summed E-state index contributed by atoms with van der Waals surface area (Å²) < 4.78 is 5.18. The molecule has 0 aromatic heterocycles. The molecule has 0 saturated carbocycles. The Hall–Kier alpha value is -2.27. The molecule has 1 amide bonds. The number of carbonyl (C=O) groups is 2. The van der Waals surface area contributed by atoms with Gasteiger partial charge in [-0.25, -0.2) is 4.79 Å². The maximum Gasteiger partial charge on any atom is 0.338 e. The van der Waals surface area contributed by atoms with Crippen LogP contribution < -0.4 is 5.32 Å². The van der Waals surface area contributed by atoms with E-state index in [0.717, 1.165) is 17.7 Å². The van der Waals surface area contributed by atoms with Crippen LogP contribution in [-0.4, -0.2) is 23.7 Å². The second-order valence-corrected chi connectivity index (χ2v) is 7.80. The quantitative estimate of drug-likeness (QED) is 0.384. The molecule has 4 nitrogen and oxygen atoms in total. The van der Waals surface area contributed by atoms with Crippen molar-refractivity contribution in [3.05, 3.63) is 59.7 Å². The molecule has 0 aliphatic heterocycles. The summed E-state index contributed by atoms with van der Waals surface area (Å²) in [6.45, 7) is 6.66. The molecule has 0 aliphatic carbocycles. The molecule has 0 fully saturated rings. The van der Waals surface area contributed by atoms with Gasteiger partial charge in [0.05, 0.1) is 17.7 Å². The molecule has 0 heterocycles. The van der Waals surface area contributed by atoms with E-state index in [1.165, 1.54) is 0 Å². The first-order chi connectivity index (χ1) is 12.5. The van der Waals surface area contributed by atoms with Crippen LogP contribution in [0.15, 0.2) is 53.4 Å². The minimum Gasteiger partial charge on any atom is -0.462 e. The molecule has 0 spiro atoms. The maximum absolute atomic E-state index is 12.6. The van der Waals surface area contributed by atoms with E-state index in [1.54, 1.807) is 36.0 Å². The molecule has 26 heavy (non-hydrogen) atoms. The Labute approximate surface area is 159 Å². The summed E-state index contributed by atoms with van der Waals surface area (Å²) in [4.78, 5) is 25.5. The predicted molar refractivity (Wildman–Crippen MR) is 107 cm³/mol. The number of unbranched alkanes of at least 4 members (excludes halogenated alkanes) is 1. The van der Waals surface area contributed by atoms with Gasteiger partial charge in [0.15, 0.2) is 0 Å². The lowest BCUT2D eigenvalue weighted by Gasteiger charge is -2.12. The van der Waals surface area contributed by atoms with Gasteiger partial charge in [-0.2, -0.15) is 0 Å². The molecule has 0 radical (unpaired) electrons. The Morgan fingerprint density at radius 1 is 1.08 bits per heavy atom. The van der Waals surface area contributed by atoms with E-state index in [4.69, 9.17) is 4.74 Å². The van der Waals surface area contributed by atoms with Crippen molar-refractivity contribution >= 4 is 29.3 Å². The number of carbonyl (C=O) groups excluding carboxylic acids is 2. The average Bonchev–Trinajstić information content (AvgIpc) is 2.62. The van der Waals surface area contributed by atoms with Crippen LogP contribution in [0, 0.1) is 0 Å². The molecule has 0 aliphatic rings. The molecule has 0 unspecified atom stereocenters. The third kappa shape index (κ3) is 5.92. The molecule has 2 rings (SSSR count). The standard InChI is InChI=1S/C21H25NO3S/c1-4-5-14-25-21(24)16-10-12-17(13-11-16)22-20(23)18-8-6-7-9-19(18)26-15(2)3/h6-13,15H,4-5,14H2,1-3H3,(H,22,23). The van der Waals surface area contributed by atoms with Gasteiger partial charge in [0, 0.05) is 15.8 Å². The number of nitrogens with one attached hydrogen (secondary N) is 1. The molecule has 1 N–H and O–H groups in total. The zero-order valence-electron chi connectivity index (χ0n) is 15.5. The lowest BCUT2D eigenvalue weighted by molar-refractivity contribution is 0.0499. The van der Waals surface area contributed by atoms with Gasteiger partial charge in [0.1, 0.15) is 0 Å².